The molecule has 0 aliphatic heterocycles. The van der Waals surface area contributed by atoms with Crippen LogP contribution >= 0.6 is 0 Å². The third-order valence-electron chi connectivity index (χ3n) is 3.23. The molecule has 8 heteroatoms. The molecule has 0 aliphatic carbocycles. The van der Waals surface area contributed by atoms with Crippen LogP contribution in [0, 0.1) is 60.2 Å². The average molecular weight is 442 g/mol. The number of aromatic amines is 1. The Balaban J connectivity index is 0.00000264. The van der Waals surface area contributed by atoms with Gasteiger partial charge in [-0.15, -0.1) is 18.4 Å². The molecule has 0 atom stereocenters. The van der Waals surface area contributed by atoms with Crippen molar-refractivity contribution in [2.75, 3.05) is 0 Å². The van der Waals surface area contributed by atoms with Crippen LogP contribution in [-0.2, 0) is 0 Å². The number of nitrogens with one attached hydrogen (secondary N) is 1. The molecule has 0 aromatic carbocycles. The van der Waals surface area contributed by atoms with Crippen LogP contribution in [0.2, 0.25) is 0 Å². The van der Waals surface area contributed by atoms with Crippen molar-refractivity contribution < 1.29 is 45.7 Å². The molecule has 2 heterocycles. The first-order valence-corrected chi connectivity index (χ1v) is 6.45. The van der Waals surface area contributed by atoms with Gasteiger partial charge in [-0.1, -0.05) is 20.0 Å². The predicted octanol–water partition coefficient (Wildman–Crippen LogP) is 1.80. The summed E-state index contributed by atoms with van der Waals surface area (Å²) in [5.74, 6) is -0.623. The minimum atomic E-state index is -0.705. The molecule has 0 saturated heterocycles. The van der Waals surface area contributed by atoms with E-state index < -0.39 is 17.1 Å². The number of hydrogen-bond donors (Lipinski definition) is 1. The van der Waals surface area contributed by atoms with Crippen LogP contribution in [0.25, 0.3) is 16.7 Å². The Morgan fingerprint density at radius 1 is 1.52 bits per heavy atom. The molecule has 0 aliphatic rings. The van der Waals surface area contributed by atoms with Crippen molar-refractivity contribution in [1.82, 2.24) is 14.5 Å². The van der Waals surface area contributed by atoms with Gasteiger partial charge < -0.3 is 4.99 Å². The quantitative estimate of drug-likeness (QED) is 0.448. The molecule has 0 fully saturated rings. The number of hydrogen-bond acceptors (Lipinski definition) is 4. The maximum atomic E-state index is 13.7. The molecule has 0 saturated carbocycles. The van der Waals surface area contributed by atoms with Crippen LogP contribution in [0.3, 0.4) is 0 Å². The second-order valence-corrected chi connectivity index (χ2v) is 4.61. The molecule has 2 aromatic rings. The second kappa shape index (κ2) is 7.88. The van der Waals surface area contributed by atoms with E-state index in [1.165, 1.54) is 6.92 Å². The predicted molar refractivity (Wildman–Crippen MR) is 83.2 cm³/mol. The van der Waals surface area contributed by atoms with Crippen molar-refractivity contribution in [2.45, 2.75) is 20.8 Å². The molecule has 6 nitrogen and oxygen atoms in total. The van der Waals surface area contributed by atoms with Crippen LogP contribution in [-0.4, -0.2) is 21.3 Å². The zero-order valence-corrected chi connectivity index (χ0v) is 16.7. The molecule has 0 amide bonds. The summed E-state index contributed by atoms with van der Waals surface area (Å²) in [5, 5.41) is -0.0324. The van der Waals surface area contributed by atoms with Crippen molar-refractivity contribution >= 4 is 23.4 Å². The van der Waals surface area contributed by atoms with Crippen molar-refractivity contribution in [3.05, 3.63) is 56.3 Å². The average Bonchev–Trinajstić information content (AvgIpc) is 2.47. The van der Waals surface area contributed by atoms with Gasteiger partial charge >= 0.3 is 5.69 Å². The summed E-state index contributed by atoms with van der Waals surface area (Å²) in [6.45, 7) is 8.29. The number of halogens is 1. The van der Waals surface area contributed by atoms with Gasteiger partial charge in [0.2, 0.25) is 0 Å². The molecular weight excluding hydrogens is 428 g/mol. The van der Waals surface area contributed by atoms with Gasteiger partial charge in [-0.05, 0) is 18.7 Å². The standard InChI is InChI=1S/C15H14FN4O2.Pr/c1-5-8(2)12(7-17-4)20-13-10(14(21)19-15(20)22)6-11(16)9(3)18-13;/h5-6H,4H2,1-3H3,(H,19,21,22);/q-1;/b8-5-;. The fourth-order valence-corrected chi connectivity index (χ4v) is 1.96. The molecule has 23 heavy (non-hydrogen) atoms. The molecule has 2 rings (SSSR count). The summed E-state index contributed by atoms with van der Waals surface area (Å²) in [4.78, 5) is 33.8. The molecule has 117 valence electrons. The molecule has 1 N–H and O–H groups in total. The maximum absolute atomic E-state index is 13.7. The van der Waals surface area contributed by atoms with Gasteiger partial charge in [0.1, 0.15) is 5.82 Å². The van der Waals surface area contributed by atoms with Crippen LogP contribution in [0.5, 0.6) is 0 Å². The van der Waals surface area contributed by atoms with Crippen LogP contribution in [0.1, 0.15) is 19.5 Å². The number of allylic oxidation sites excluding steroid dienone is 3. The number of rotatable bonds is 3. The SMILES string of the molecule is C=N[C-]=C(/C(C)=C\C)n1c(=O)[nH]c(=O)c2cc(F)c(C)nc21.[Pr]. The van der Waals surface area contributed by atoms with E-state index in [1.54, 1.807) is 19.9 Å². The van der Waals surface area contributed by atoms with E-state index in [0.29, 0.717) is 5.57 Å². The Hall–Kier alpha value is -1.47. The maximum Gasteiger partial charge on any atom is 0.332 e. The van der Waals surface area contributed by atoms with Crippen molar-refractivity contribution in [3.8, 4) is 0 Å². The molecule has 0 bridgehead atoms. The van der Waals surface area contributed by atoms with E-state index in [4.69, 9.17) is 0 Å². The van der Waals surface area contributed by atoms with Crippen LogP contribution in [0.15, 0.2) is 32.3 Å². The van der Waals surface area contributed by atoms with E-state index in [0.717, 1.165) is 10.6 Å². The number of nitrogens with zero attached hydrogens (tertiary/aromatic N) is 3. The number of fused-ring (bicyclic) bond motifs is 1. The summed E-state index contributed by atoms with van der Waals surface area (Å²) >= 11 is 0. The fourth-order valence-electron chi connectivity index (χ4n) is 1.96. The minimum Gasteiger partial charge on any atom is -0.399 e. The van der Waals surface area contributed by atoms with Crippen LogP contribution in [0.4, 0.5) is 4.39 Å². The van der Waals surface area contributed by atoms with Crippen molar-refractivity contribution in [1.29, 1.82) is 0 Å². The first kappa shape index (κ1) is 19.6. The van der Waals surface area contributed by atoms with E-state index >= 15 is 0 Å². The number of pyridine rings is 1. The Kier molecular flexibility index (Phi) is 6.71. The number of H-pyrrole nitrogens is 1. The Labute approximate surface area is 164 Å². The Bertz CT molecular complexity index is 941. The van der Waals surface area contributed by atoms with Gasteiger partial charge in [-0.3, -0.25) is 14.3 Å². The van der Waals surface area contributed by atoms with E-state index in [-0.39, 0.29) is 63.7 Å². The van der Waals surface area contributed by atoms with Gasteiger partial charge in [-0.2, -0.15) is 0 Å². The van der Waals surface area contributed by atoms with Gasteiger partial charge in [-0.25, -0.2) is 14.2 Å². The minimum absolute atomic E-state index is 0. The largest absolute Gasteiger partial charge is 0.399 e. The zero-order chi connectivity index (χ0) is 16.4. The van der Waals surface area contributed by atoms with Gasteiger partial charge in [0.15, 0.2) is 5.65 Å². The summed E-state index contributed by atoms with van der Waals surface area (Å²) in [5.41, 5.74) is -0.334. The topological polar surface area (TPSA) is 80.1 Å². The zero-order valence-electron chi connectivity index (χ0n) is 13.0. The van der Waals surface area contributed by atoms with E-state index in [2.05, 4.69) is 27.9 Å². The molecule has 0 spiro atoms. The normalized spacial score (nSPS) is 12.2. The third kappa shape index (κ3) is 3.72. The second-order valence-electron chi connectivity index (χ2n) is 4.61. The molecule has 2 aromatic heterocycles. The van der Waals surface area contributed by atoms with Crippen molar-refractivity contribution in [3.63, 3.8) is 0 Å². The molecule has 1 radical (unpaired) electrons. The smallest absolute Gasteiger partial charge is 0.332 e. The first-order chi connectivity index (χ1) is 10.4. The van der Waals surface area contributed by atoms with Gasteiger partial charge in [0.25, 0.3) is 5.56 Å². The Morgan fingerprint density at radius 2 is 2.17 bits per heavy atom. The number of aliphatic imine (C=N–C) groups is 1. The number of aromatic nitrogens is 3. The van der Waals surface area contributed by atoms with Crippen molar-refractivity contribution in [2.24, 2.45) is 4.99 Å². The summed E-state index contributed by atoms with van der Waals surface area (Å²) in [6.07, 6.45) is 4.35. The van der Waals surface area contributed by atoms with Gasteiger partial charge in [0.05, 0.1) is 11.1 Å². The summed E-state index contributed by atoms with van der Waals surface area (Å²) in [7, 11) is 0. The molecular formula is C15H14FN4O2Pr-. The van der Waals surface area contributed by atoms with E-state index in [9.17, 15) is 14.0 Å². The molecule has 0 unspecified atom stereocenters. The summed E-state index contributed by atoms with van der Waals surface area (Å²) < 4.78 is 14.8. The first-order valence-electron chi connectivity index (χ1n) is 6.45. The third-order valence-corrected chi connectivity index (χ3v) is 3.23. The summed E-state index contributed by atoms with van der Waals surface area (Å²) in [6, 6.07) is 1.05. The fraction of sp³-hybridized carbons (Fsp3) is 0.200. The van der Waals surface area contributed by atoms with Crippen LogP contribution < -0.4 is 11.2 Å². The number of aryl methyl sites for hydroxylation is 1. The van der Waals surface area contributed by atoms with E-state index in [1.807, 2.05) is 0 Å². The van der Waals surface area contributed by atoms with Gasteiger partial charge in [0, 0.05) is 41.3 Å². The Morgan fingerprint density at radius 3 is 2.74 bits per heavy atom. The monoisotopic (exact) mass is 442 g/mol.